The van der Waals surface area contributed by atoms with Gasteiger partial charge in [0.15, 0.2) is 0 Å². The molecular weight excluding hydrogens is 254 g/mol. The molecule has 1 aliphatic carbocycles. The Kier molecular flexibility index (Phi) is 3.41. The van der Waals surface area contributed by atoms with Gasteiger partial charge in [-0.1, -0.05) is 0 Å². The summed E-state index contributed by atoms with van der Waals surface area (Å²) >= 11 is 0. The maximum atomic E-state index is 12.0. The summed E-state index contributed by atoms with van der Waals surface area (Å²) in [5.74, 6) is 0.0682. The number of esters is 1. The second-order valence-electron chi connectivity index (χ2n) is 4.71. The van der Waals surface area contributed by atoms with E-state index in [2.05, 4.69) is 15.0 Å². The van der Waals surface area contributed by atoms with Gasteiger partial charge in [0, 0.05) is 18.3 Å². The third-order valence-corrected chi connectivity index (χ3v) is 3.21. The minimum Gasteiger partial charge on any atom is -0.462 e. The van der Waals surface area contributed by atoms with Crippen LogP contribution in [-0.4, -0.2) is 27.5 Å². The number of nitrogens with zero attached hydrogens (tertiary/aromatic N) is 3. The highest BCUT2D eigenvalue weighted by atomic mass is 16.5. The number of aromatic nitrogens is 3. The Balaban J connectivity index is 2.00. The van der Waals surface area contributed by atoms with E-state index in [1.54, 1.807) is 37.6 Å². The molecule has 0 radical (unpaired) electrons. The molecule has 1 saturated carbocycles. The molecule has 0 aromatic carbocycles. The predicted octanol–water partition coefficient (Wildman–Crippen LogP) is 2.59. The van der Waals surface area contributed by atoms with Crippen molar-refractivity contribution in [2.24, 2.45) is 0 Å². The summed E-state index contributed by atoms with van der Waals surface area (Å²) in [4.78, 5) is 24.8. The first-order valence-electron chi connectivity index (χ1n) is 6.74. The minimum atomic E-state index is -0.299. The second-order valence-corrected chi connectivity index (χ2v) is 4.71. The third-order valence-electron chi connectivity index (χ3n) is 3.21. The molecule has 1 aliphatic rings. The first kappa shape index (κ1) is 12.7. The summed E-state index contributed by atoms with van der Waals surface area (Å²) in [6.07, 6.45) is 7.07. The van der Waals surface area contributed by atoms with Crippen LogP contribution in [0.2, 0.25) is 0 Å². The van der Waals surface area contributed by atoms with Crippen LogP contribution in [0, 0.1) is 0 Å². The van der Waals surface area contributed by atoms with E-state index in [0.29, 0.717) is 23.8 Å². The molecule has 0 aliphatic heterocycles. The maximum Gasteiger partial charge on any atom is 0.339 e. The Bertz CT molecular complexity index is 624. The average Bonchev–Trinajstić information content (AvgIpc) is 3.32. The van der Waals surface area contributed by atoms with Gasteiger partial charge in [-0.05, 0) is 31.9 Å². The molecule has 102 valence electrons. The molecule has 0 bridgehead atoms. The van der Waals surface area contributed by atoms with Gasteiger partial charge in [-0.15, -0.1) is 0 Å². The molecular formula is C15H15N3O2. The number of rotatable bonds is 4. The average molecular weight is 269 g/mol. The van der Waals surface area contributed by atoms with Crippen LogP contribution in [-0.2, 0) is 4.74 Å². The zero-order valence-electron chi connectivity index (χ0n) is 11.2. The highest BCUT2D eigenvalue weighted by Gasteiger charge is 2.30. The van der Waals surface area contributed by atoms with Crippen LogP contribution in [0.25, 0.3) is 11.4 Å². The molecule has 5 heteroatoms. The monoisotopic (exact) mass is 269 g/mol. The highest BCUT2D eigenvalue weighted by molar-refractivity contribution is 5.91. The molecule has 2 heterocycles. The van der Waals surface area contributed by atoms with Crippen molar-refractivity contribution in [3.63, 3.8) is 0 Å². The van der Waals surface area contributed by atoms with Crippen molar-refractivity contribution in [3.05, 3.63) is 42.0 Å². The third kappa shape index (κ3) is 2.52. The van der Waals surface area contributed by atoms with Gasteiger partial charge in [0.1, 0.15) is 5.69 Å². The molecule has 0 unspecified atom stereocenters. The Morgan fingerprint density at radius 3 is 2.80 bits per heavy atom. The zero-order valence-corrected chi connectivity index (χ0v) is 11.2. The Morgan fingerprint density at radius 2 is 2.15 bits per heavy atom. The van der Waals surface area contributed by atoms with E-state index in [4.69, 9.17) is 4.74 Å². The van der Waals surface area contributed by atoms with E-state index in [9.17, 15) is 4.79 Å². The summed E-state index contributed by atoms with van der Waals surface area (Å²) in [5.41, 5.74) is 2.85. The number of hydrogen-bond donors (Lipinski definition) is 0. The van der Waals surface area contributed by atoms with Crippen LogP contribution in [0.15, 0.2) is 30.7 Å². The normalized spacial score (nSPS) is 14.1. The van der Waals surface area contributed by atoms with E-state index in [1.807, 2.05) is 0 Å². The van der Waals surface area contributed by atoms with Crippen LogP contribution >= 0.6 is 0 Å². The van der Waals surface area contributed by atoms with Crippen molar-refractivity contribution in [1.82, 2.24) is 15.0 Å². The second kappa shape index (κ2) is 5.36. The molecule has 3 rings (SSSR count). The number of carbonyl (C=O) groups is 1. The van der Waals surface area contributed by atoms with Crippen molar-refractivity contribution < 1.29 is 9.53 Å². The van der Waals surface area contributed by atoms with Crippen LogP contribution in [0.1, 0.15) is 41.7 Å². The molecule has 0 amide bonds. The molecule has 0 spiro atoms. The Morgan fingerprint density at radius 1 is 1.30 bits per heavy atom. The van der Waals surface area contributed by atoms with E-state index >= 15 is 0 Å². The van der Waals surface area contributed by atoms with Crippen LogP contribution in [0.3, 0.4) is 0 Å². The van der Waals surface area contributed by atoms with Gasteiger partial charge < -0.3 is 4.74 Å². The first-order valence-corrected chi connectivity index (χ1v) is 6.74. The van der Waals surface area contributed by atoms with Gasteiger partial charge in [-0.2, -0.15) is 0 Å². The van der Waals surface area contributed by atoms with E-state index in [-0.39, 0.29) is 5.97 Å². The van der Waals surface area contributed by atoms with E-state index in [1.165, 1.54) is 0 Å². The Labute approximate surface area is 117 Å². The van der Waals surface area contributed by atoms with Gasteiger partial charge in [0.2, 0.25) is 0 Å². The summed E-state index contributed by atoms with van der Waals surface area (Å²) in [6, 6.07) is 3.57. The van der Waals surface area contributed by atoms with Crippen molar-refractivity contribution in [3.8, 4) is 11.4 Å². The molecule has 20 heavy (non-hydrogen) atoms. The fourth-order valence-electron chi connectivity index (χ4n) is 2.10. The number of carbonyl (C=O) groups excluding carboxylic acids is 1. The quantitative estimate of drug-likeness (QED) is 0.798. The maximum absolute atomic E-state index is 12.0. The molecule has 1 fully saturated rings. The minimum absolute atomic E-state index is 0.299. The molecule has 5 nitrogen and oxygen atoms in total. The molecule has 0 N–H and O–H groups in total. The first-order chi connectivity index (χ1) is 9.79. The topological polar surface area (TPSA) is 65.0 Å². The molecule has 2 aromatic heterocycles. The van der Waals surface area contributed by atoms with Gasteiger partial charge in [-0.3, -0.25) is 9.97 Å². The standard InChI is InChI=1S/C15H15N3O2/c1-2-20-15(19)11-5-6-12(13-9-16-7-8-17-13)18-14(11)10-3-4-10/h5-10H,2-4H2,1H3. The highest BCUT2D eigenvalue weighted by Crippen LogP contribution is 2.41. The lowest BCUT2D eigenvalue weighted by molar-refractivity contribution is 0.0524. The summed E-state index contributed by atoms with van der Waals surface area (Å²) in [6.45, 7) is 2.17. The summed E-state index contributed by atoms with van der Waals surface area (Å²) in [5, 5.41) is 0. The van der Waals surface area contributed by atoms with Crippen molar-refractivity contribution >= 4 is 5.97 Å². The summed E-state index contributed by atoms with van der Waals surface area (Å²) < 4.78 is 5.09. The fraction of sp³-hybridized carbons (Fsp3) is 0.333. The fourth-order valence-corrected chi connectivity index (χ4v) is 2.10. The number of hydrogen-bond acceptors (Lipinski definition) is 5. The van der Waals surface area contributed by atoms with Crippen LogP contribution < -0.4 is 0 Å². The smallest absolute Gasteiger partial charge is 0.339 e. The van der Waals surface area contributed by atoms with Crippen molar-refractivity contribution in [2.45, 2.75) is 25.7 Å². The number of ether oxygens (including phenoxy) is 1. The lowest BCUT2D eigenvalue weighted by Crippen LogP contribution is -2.09. The molecule has 2 aromatic rings. The van der Waals surface area contributed by atoms with Gasteiger partial charge in [0.05, 0.1) is 29.8 Å². The molecule has 0 saturated heterocycles. The van der Waals surface area contributed by atoms with Crippen molar-refractivity contribution in [2.75, 3.05) is 6.61 Å². The lowest BCUT2D eigenvalue weighted by atomic mass is 10.1. The van der Waals surface area contributed by atoms with Crippen LogP contribution in [0.5, 0.6) is 0 Å². The van der Waals surface area contributed by atoms with Gasteiger partial charge in [-0.25, -0.2) is 9.78 Å². The van der Waals surface area contributed by atoms with Gasteiger partial charge in [0.25, 0.3) is 0 Å². The SMILES string of the molecule is CCOC(=O)c1ccc(-c2cnccn2)nc1C1CC1. The summed E-state index contributed by atoms with van der Waals surface area (Å²) in [7, 11) is 0. The van der Waals surface area contributed by atoms with Gasteiger partial charge >= 0.3 is 5.97 Å². The van der Waals surface area contributed by atoms with E-state index in [0.717, 1.165) is 24.2 Å². The molecule has 0 atom stereocenters. The Hall–Kier alpha value is -2.30. The number of pyridine rings is 1. The lowest BCUT2D eigenvalue weighted by Gasteiger charge is -2.09. The zero-order chi connectivity index (χ0) is 13.9. The predicted molar refractivity (Wildman–Crippen MR) is 73.2 cm³/mol. The van der Waals surface area contributed by atoms with Crippen molar-refractivity contribution in [1.29, 1.82) is 0 Å². The van der Waals surface area contributed by atoms with Crippen LogP contribution in [0.4, 0.5) is 0 Å². The van der Waals surface area contributed by atoms with E-state index < -0.39 is 0 Å². The largest absolute Gasteiger partial charge is 0.462 e.